The maximum absolute atomic E-state index is 14.1. The van der Waals surface area contributed by atoms with E-state index in [2.05, 4.69) is 17.1 Å². The van der Waals surface area contributed by atoms with Crippen molar-refractivity contribution in [2.75, 3.05) is 38.6 Å². The Labute approximate surface area is 265 Å². The Morgan fingerprint density at radius 3 is 2.09 bits per heavy atom. The number of carboxylic acid groups (broad SMARTS) is 1. The van der Waals surface area contributed by atoms with E-state index in [0.717, 1.165) is 5.56 Å². The van der Waals surface area contributed by atoms with Gasteiger partial charge in [-0.2, -0.15) is 13.2 Å². The zero-order valence-electron chi connectivity index (χ0n) is 25.6. The van der Waals surface area contributed by atoms with Crippen LogP contribution in [0.5, 0.6) is 5.75 Å². The number of halogens is 3. The van der Waals surface area contributed by atoms with Gasteiger partial charge in [-0.1, -0.05) is 72.8 Å². The fraction of sp³-hybridized carbons (Fsp3) is 0.273. The number of hydrogen-bond acceptors (Lipinski definition) is 6. The van der Waals surface area contributed by atoms with Gasteiger partial charge in [-0.25, -0.2) is 13.2 Å². The number of nitrogens with zero attached hydrogens (tertiary/aromatic N) is 2. The lowest BCUT2D eigenvalue weighted by Gasteiger charge is -2.37. The molecule has 0 radical (unpaired) electrons. The van der Waals surface area contributed by atoms with Crippen LogP contribution in [0.2, 0.25) is 0 Å². The number of likely N-dealkylation sites (N-methyl/N-ethyl adjacent to an activating group) is 1. The fourth-order valence-corrected chi connectivity index (χ4v) is 6.99. The SMILES string of the molecule is COc1ccc(S(=O)(=O)N2CC(C(=O)NCC(C)(c3ccccc3)N(C)C)c3ccccc32)c2ccccc12.O=C(O)C(F)(F)F. The van der Waals surface area contributed by atoms with Gasteiger partial charge in [-0.05, 0) is 50.3 Å². The topological polar surface area (TPSA) is 116 Å². The minimum absolute atomic E-state index is 0.0257. The highest BCUT2D eigenvalue weighted by Crippen LogP contribution is 2.42. The first kappa shape index (κ1) is 34.3. The summed E-state index contributed by atoms with van der Waals surface area (Å²) in [5, 5.41) is 11.5. The molecule has 2 atom stereocenters. The molecule has 46 heavy (non-hydrogen) atoms. The number of alkyl halides is 3. The summed E-state index contributed by atoms with van der Waals surface area (Å²) in [5.41, 5.74) is 1.86. The minimum Gasteiger partial charge on any atom is -0.496 e. The number of benzene rings is 4. The van der Waals surface area contributed by atoms with Gasteiger partial charge in [0.1, 0.15) is 5.75 Å². The van der Waals surface area contributed by atoms with E-state index in [4.69, 9.17) is 14.6 Å². The molecule has 2 N–H and O–H groups in total. The van der Waals surface area contributed by atoms with Gasteiger partial charge in [0.05, 0.1) is 35.7 Å². The number of carbonyl (C=O) groups is 2. The average molecular weight is 658 g/mol. The number of carboxylic acids is 1. The van der Waals surface area contributed by atoms with Crippen LogP contribution in [0, 0.1) is 0 Å². The monoisotopic (exact) mass is 657 g/mol. The Kier molecular flexibility index (Phi) is 9.97. The third kappa shape index (κ3) is 6.80. The van der Waals surface area contributed by atoms with E-state index in [1.807, 2.05) is 74.8 Å². The molecule has 1 aliphatic rings. The van der Waals surface area contributed by atoms with Crippen molar-refractivity contribution >= 4 is 38.4 Å². The molecular weight excluding hydrogens is 623 g/mol. The number of anilines is 1. The number of carbonyl (C=O) groups excluding carboxylic acids is 1. The average Bonchev–Trinajstić information content (AvgIpc) is 3.44. The van der Waals surface area contributed by atoms with Crippen molar-refractivity contribution < 1.29 is 41.0 Å². The number of rotatable bonds is 8. The molecule has 2 unspecified atom stereocenters. The van der Waals surface area contributed by atoms with Gasteiger partial charge in [0.15, 0.2) is 0 Å². The number of fused-ring (bicyclic) bond motifs is 2. The van der Waals surface area contributed by atoms with Gasteiger partial charge >= 0.3 is 12.1 Å². The molecule has 0 spiro atoms. The maximum atomic E-state index is 14.1. The van der Waals surface area contributed by atoms with Crippen molar-refractivity contribution in [2.45, 2.75) is 29.5 Å². The number of ether oxygens (including phenoxy) is 1. The van der Waals surface area contributed by atoms with E-state index in [0.29, 0.717) is 34.3 Å². The molecule has 5 rings (SSSR count). The predicted octanol–water partition coefficient (Wildman–Crippen LogP) is 5.37. The first-order valence-electron chi connectivity index (χ1n) is 14.1. The Bertz CT molecular complexity index is 1830. The molecule has 0 fully saturated rings. The van der Waals surface area contributed by atoms with E-state index >= 15 is 0 Å². The third-order valence-electron chi connectivity index (χ3n) is 8.11. The van der Waals surface area contributed by atoms with Gasteiger partial charge in [0.2, 0.25) is 5.91 Å². The Morgan fingerprint density at radius 1 is 0.935 bits per heavy atom. The van der Waals surface area contributed by atoms with Crippen LogP contribution in [0.1, 0.15) is 24.0 Å². The molecule has 1 amide bonds. The number of methoxy groups -OCH3 is 1. The molecule has 0 saturated heterocycles. The Hall–Kier alpha value is -4.62. The predicted molar refractivity (Wildman–Crippen MR) is 168 cm³/mol. The second-order valence-electron chi connectivity index (χ2n) is 11.0. The van der Waals surface area contributed by atoms with Crippen LogP contribution in [0.25, 0.3) is 10.8 Å². The van der Waals surface area contributed by atoms with Crippen LogP contribution >= 0.6 is 0 Å². The normalized spacial score (nSPS) is 15.8. The lowest BCUT2D eigenvalue weighted by atomic mass is 9.90. The zero-order chi connectivity index (χ0) is 33.9. The van der Waals surface area contributed by atoms with Gasteiger partial charge in [-0.15, -0.1) is 0 Å². The lowest BCUT2D eigenvalue weighted by Crippen LogP contribution is -2.49. The van der Waals surface area contributed by atoms with E-state index in [1.54, 1.807) is 37.4 Å². The quantitative estimate of drug-likeness (QED) is 0.262. The summed E-state index contributed by atoms with van der Waals surface area (Å²) in [5.74, 6) is -3.00. The first-order valence-corrected chi connectivity index (χ1v) is 15.5. The van der Waals surface area contributed by atoms with Crippen molar-refractivity contribution in [2.24, 2.45) is 0 Å². The van der Waals surface area contributed by atoms with E-state index in [-0.39, 0.29) is 17.3 Å². The molecule has 0 bridgehead atoms. The summed E-state index contributed by atoms with van der Waals surface area (Å²) in [6.07, 6.45) is -5.08. The van der Waals surface area contributed by atoms with Crippen LogP contribution in [0.4, 0.5) is 18.9 Å². The zero-order valence-corrected chi connectivity index (χ0v) is 26.4. The fourth-order valence-electron chi connectivity index (χ4n) is 5.29. The summed E-state index contributed by atoms with van der Waals surface area (Å²) in [6.45, 7) is 2.48. The number of aliphatic carboxylic acids is 1. The summed E-state index contributed by atoms with van der Waals surface area (Å²) < 4.78 is 66.8. The van der Waals surface area contributed by atoms with Gasteiger partial charge in [0, 0.05) is 17.3 Å². The van der Waals surface area contributed by atoms with E-state index < -0.39 is 33.6 Å². The van der Waals surface area contributed by atoms with Crippen LogP contribution in [0.3, 0.4) is 0 Å². The number of amides is 1. The summed E-state index contributed by atoms with van der Waals surface area (Å²) >= 11 is 0. The molecule has 0 saturated carbocycles. The molecule has 4 aromatic rings. The van der Waals surface area contributed by atoms with Gasteiger partial charge < -0.3 is 15.2 Å². The van der Waals surface area contributed by atoms with Crippen molar-refractivity contribution in [3.05, 3.63) is 102 Å². The smallest absolute Gasteiger partial charge is 0.490 e. The van der Waals surface area contributed by atoms with Crippen molar-refractivity contribution in [1.82, 2.24) is 10.2 Å². The summed E-state index contributed by atoms with van der Waals surface area (Å²) in [4.78, 5) is 24.8. The van der Waals surface area contributed by atoms with Gasteiger partial charge in [-0.3, -0.25) is 14.0 Å². The molecule has 1 heterocycles. The molecule has 13 heteroatoms. The van der Waals surface area contributed by atoms with Crippen LogP contribution in [0.15, 0.2) is 95.9 Å². The van der Waals surface area contributed by atoms with Crippen LogP contribution < -0.4 is 14.4 Å². The first-order chi connectivity index (χ1) is 21.6. The Balaban J connectivity index is 0.000000617. The maximum Gasteiger partial charge on any atom is 0.490 e. The molecular formula is C33H34F3N3O6S. The minimum atomic E-state index is -5.08. The molecule has 1 aliphatic heterocycles. The molecule has 0 aliphatic carbocycles. The third-order valence-corrected chi connectivity index (χ3v) is 9.95. The number of hydrogen-bond donors (Lipinski definition) is 2. The highest BCUT2D eigenvalue weighted by molar-refractivity contribution is 7.93. The highest BCUT2D eigenvalue weighted by atomic mass is 32.2. The number of nitrogens with one attached hydrogen (secondary N) is 1. The Morgan fingerprint density at radius 2 is 1.50 bits per heavy atom. The number of para-hydroxylation sites is 1. The van der Waals surface area contributed by atoms with Crippen molar-refractivity contribution in [3.8, 4) is 5.75 Å². The molecule has 4 aromatic carbocycles. The van der Waals surface area contributed by atoms with E-state index in [1.165, 1.54) is 4.31 Å². The van der Waals surface area contributed by atoms with Crippen LogP contribution in [-0.4, -0.2) is 70.8 Å². The molecule has 0 aromatic heterocycles. The summed E-state index contributed by atoms with van der Waals surface area (Å²) in [6, 6.07) is 27.8. The largest absolute Gasteiger partial charge is 0.496 e. The van der Waals surface area contributed by atoms with Gasteiger partial charge in [0.25, 0.3) is 10.0 Å². The molecule has 244 valence electrons. The number of sulfonamides is 1. The second kappa shape index (κ2) is 13.4. The highest BCUT2D eigenvalue weighted by Gasteiger charge is 2.41. The second-order valence-corrected chi connectivity index (χ2v) is 12.8. The van der Waals surface area contributed by atoms with E-state index in [9.17, 15) is 26.4 Å². The molecule has 9 nitrogen and oxygen atoms in total. The van der Waals surface area contributed by atoms with Crippen molar-refractivity contribution in [1.29, 1.82) is 0 Å². The van der Waals surface area contributed by atoms with Crippen molar-refractivity contribution in [3.63, 3.8) is 0 Å². The standard InChI is InChI=1S/C31H33N3O4S.C2HF3O2/c1-31(33(2)3,22-12-6-5-7-13-22)21-32-30(35)26-20-34(27-17-11-10-14-23(26)27)39(36,37)29-19-18-28(38-4)24-15-8-9-16-25(24)29;3-2(4,5)1(6)7/h5-19,26H,20-21H2,1-4H3,(H,32,35);(H,6,7). The summed E-state index contributed by atoms with van der Waals surface area (Å²) in [7, 11) is 1.55. The van der Waals surface area contributed by atoms with Crippen LogP contribution in [-0.2, 0) is 25.2 Å². The lowest BCUT2D eigenvalue weighted by molar-refractivity contribution is -0.192.